The average molecular weight is 493 g/mol. The lowest BCUT2D eigenvalue weighted by molar-refractivity contribution is 0.426. The monoisotopic (exact) mass is 493 g/mol. The van der Waals surface area contributed by atoms with E-state index in [0.717, 1.165) is 7.14 Å². The maximum atomic E-state index is 9.96. The molecule has 0 fully saturated rings. The standard InChI is InChI=1S/C13H10BI2NO3/c15-10-4-8(13(18)12(16)6-10)7-17-11-3-1-2-9(5-11)14(19)20/h1-7,18-20H. The second-order valence-corrected chi connectivity index (χ2v) is 6.46. The van der Waals surface area contributed by atoms with Gasteiger partial charge in [0, 0.05) is 15.3 Å². The Morgan fingerprint density at radius 3 is 2.55 bits per heavy atom. The molecule has 2 rings (SSSR count). The molecule has 0 aliphatic rings. The molecule has 0 saturated heterocycles. The summed E-state index contributed by atoms with van der Waals surface area (Å²) in [6.07, 6.45) is 1.56. The number of aromatic hydroxyl groups is 1. The number of hydrogen-bond acceptors (Lipinski definition) is 4. The third kappa shape index (κ3) is 3.93. The molecule has 0 aliphatic heterocycles. The fourth-order valence-corrected chi connectivity index (χ4v) is 3.48. The number of hydrogen-bond donors (Lipinski definition) is 3. The molecule has 0 unspecified atom stereocenters. The molecular weight excluding hydrogens is 483 g/mol. The van der Waals surface area contributed by atoms with E-state index in [1.54, 1.807) is 30.5 Å². The van der Waals surface area contributed by atoms with Gasteiger partial charge in [-0.15, -0.1) is 0 Å². The second-order valence-electron chi connectivity index (χ2n) is 4.05. The van der Waals surface area contributed by atoms with Crippen LogP contribution in [0.2, 0.25) is 0 Å². The molecule has 2 aromatic carbocycles. The van der Waals surface area contributed by atoms with E-state index in [9.17, 15) is 5.11 Å². The zero-order valence-electron chi connectivity index (χ0n) is 10.2. The summed E-state index contributed by atoms with van der Waals surface area (Å²) < 4.78 is 1.77. The van der Waals surface area contributed by atoms with Gasteiger partial charge in [0.1, 0.15) is 5.75 Å². The molecule has 0 aromatic heterocycles. The van der Waals surface area contributed by atoms with Crippen LogP contribution in [0.5, 0.6) is 5.75 Å². The lowest BCUT2D eigenvalue weighted by atomic mass is 9.80. The molecule has 7 heteroatoms. The van der Waals surface area contributed by atoms with Crippen molar-refractivity contribution in [3.63, 3.8) is 0 Å². The van der Waals surface area contributed by atoms with E-state index >= 15 is 0 Å². The minimum Gasteiger partial charge on any atom is -0.506 e. The minimum absolute atomic E-state index is 0.188. The first-order chi connectivity index (χ1) is 9.47. The van der Waals surface area contributed by atoms with Gasteiger partial charge < -0.3 is 15.2 Å². The van der Waals surface area contributed by atoms with Crippen molar-refractivity contribution in [1.82, 2.24) is 0 Å². The van der Waals surface area contributed by atoms with Gasteiger partial charge in [-0.1, -0.05) is 12.1 Å². The van der Waals surface area contributed by atoms with E-state index in [4.69, 9.17) is 10.0 Å². The molecule has 4 nitrogen and oxygen atoms in total. The average Bonchev–Trinajstić information content (AvgIpc) is 2.41. The van der Waals surface area contributed by atoms with Crippen molar-refractivity contribution < 1.29 is 15.2 Å². The third-order valence-corrected chi connectivity index (χ3v) is 4.02. The van der Waals surface area contributed by atoms with Gasteiger partial charge in [0.05, 0.1) is 9.26 Å². The van der Waals surface area contributed by atoms with Crippen molar-refractivity contribution in [2.75, 3.05) is 0 Å². The lowest BCUT2D eigenvalue weighted by Gasteiger charge is -2.03. The summed E-state index contributed by atoms with van der Waals surface area (Å²) in [5.74, 6) is 0.188. The van der Waals surface area contributed by atoms with Crippen LogP contribution in [0.15, 0.2) is 41.4 Å². The molecular formula is C13H10BI2NO3. The molecule has 0 atom stereocenters. The van der Waals surface area contributed by atoms with Crippen LogP contribution in [0.25, 0.3) is 0 Å². The van der Waals surface area contributed by atoms with Crippen LogP contribution in [0.3, 0.4) is 0 Å². The summed E-state index contributed by atoms with van der Waals surface area (Å²) in [6, 6.07) is 10.3. The third-order valence-electron chi connectivity index (χ3n) is 2.58. The summed E-state index contributed by atoms with van der Waals surface area (Å²) in [7, 11) is -1.52. The molecule has 3 N–H and O–H groups in total. The maximum absolute atomic E-state index is 9.96. The minimum atomic E-state index is -1.52. The zero-order valence-corrected chi connectivity index (χ0v) is 14.5. The van der Waals surface area contributed by atoms with Crippen molar-refractivity contribution in [3.05, 3.63) is 49.1 Å². The fourth-order valence-electron chi connectivity index (χ4n) is 1.59. The Kier molecular flexibility index (Phi) is 5.41. The van der Waals surface area contributed by atoms with Crippen molar-refractivity contribution in [1.29, 1.82) is 0 Å². The number of aliphatic imine (C=N–C) groups is 1. The van der Waals surface area contributed by atoms with Crippen LogP contribution >= 0.6 is 45.2 Å². The Bertz CT molecular complexity index is 662. The summed E-state index contributed by atoms with van der Waals surface area (Å²) in [5, 5.41) is 28.2. The Hall–Kier alpha value is -0.645. The Morgan fingerprint density at radius 2 is 1.85 bits per heavy atom. The maximum Gasteiger partial charge on any atom is 0.488 e. The molecule has 20 heavy (non-hydrogen) atoms. The number of benzene rings is 2. The van der Waals surface area contributed by atoms with Gasteiger partial charge >= 0.3 is 7.12 Å². The molecule has 102 valence electrons. The predicted molar refractivity (Wildman–Crippen MR) is 97.1 cm³/mol. The molecule has 0 heterocycles. The number of phenolic OH excluding ortho intramolecular Hbond substituents is 1. The number of rotatable bonds is 3. The molecule has 0 radical (unpaired) electrons. The lowest BCUT2D eigenvalue weighted by Crippen LogP contribution is -2.29. The van der Waals surface area contributed by atoms with Crippen LogP contribution < -0.4 is 5.46 Å². The van der Waals surface area contributed by atoms with E-state index < -0.39 is 7.12 Å². The highest BCUT2D eigenvalue weighted by atomic mass is 127. The van der Waals surface area contributed by atoms with Gasteiger partial charge in [0.25, 0.3) is 0 Å². The zero-order chi connectivity index (χ0) is 14.7. The normalized spacial score (nSPS) is 11.0. The Labute approximate surface area is 144 Å². The van der Waals surface area contributed by atoms with Gasteiger partial charge in [0.15, 0.2) is 0 Å². The first-order valence-corrected chi connectivity index (χ1v) is 7.81. The molecule has 0 aliphatic carbocycles. The van der Waals surface area contributed by atoms with Crippen LogP contribution in [0.4, 0.5) is 5.69 Å². The van der Waals surface area contributed by atoms with Gasteiger partial charge in [0.2, 0.25) is 0 Å². The molecule has 0 amide bonds. The predicted octanol–water partition coefficient (Wildman–Crippen LogP) is 2.03. The van der Waals surface area contributed by atoms with Crippen LogP contribution in [0, 0.1) is 7.14 Å². The molecule has 2 aromatic rings. The summed E-state index contributed by atoms with van der Waals surface area (Å²) in [4.78, 5) is 4.25. The topological polar surface area (TPSA) is 73.0 Å². The second kappa shape index (κ2) is 6.88. The Morgan fingerprint density at radius 1 is 1.10 bits per heavy atom. The van der Waals surface area contributed by atoms with Gasteiger partial charge in [-0.05, 0) is 74.9 Å². The first kappa shape index (κ1) is 15.7. The molecule has 0 spiro atoms. The fraction of sp³-hybridized carbons (Fsp3) is 0. The van der Waals surface area contributed by atoms with Crippen LogP contribution in [0.1, 0.15) is 5.56 Å². The van der Waals surface area contributed by atoms with E-state index in [0.29, 0.717) is 16.7 Å². The van der Waals surface area contributed by atoms with Crippen molar-refractivity contribution in [2.45, 2.75) is 0 Å². The van der Waals surface area contributed by atoms with E-state index in [1.807, 2.05) is 12.1 Å². The van der Waals surface area contributed by atoms with Gasteiger partial charge in [-0.3, -0.25) is 4.99 Å². The van der Waals surface area contributed by atoms with Crippen molar-refractivity contribution in [2.24, 2.45) is 4.99 Å². The highest BCUT2D eigenvalue weighted by Gasteiger charge is 2.10. The van der Waals surface area contributed by atoms with Gasteiger partial charge in [-0.25, -0.2) is 0 Å². The van der Waals surface area contributed by atoms with Crippen LogP contribution in [-0.2, 0) is 0 Å². The first-order valence-electron chi connectivity index (χ1n) is 5.65. The summed E-state index contributed by atoms with van der Waals surface area (Å²) in [5.41, 5.74) is 1.58. The van der Waals surface area contributed by atoms with Crippen molar-refractivity contribution in [3.8, 4) is 5.75 Å². The summed E-state index contributed by atoms with van der Waals surface area (Å²) >= 11 is 4.23. The van der Waals surface area contributed by atoms with E-state index in [-0.39, 0.29) is 5.75 Å². The smallest absolute Gasteiger partial charge is 0.488 e. The van der Waals surface area contributed by atoms with Gasteiger partial charge in [-0.2, -0.15) is 0 Å². The largest absolute Gasteiger partial charge is 0.506 e. The Balaban J connectivity index is 2.32. The van der Waals surface area contributed by atoms with Crippen LogP contribution in [-0.4, -0.2) is 28.5 Å². The van der Waals surface area contributed by atoms with Crippen molar-refractivity contribution >= 4 is 69.7 Å². The number of nitrogens with zero attached hydrogens (tertiary/aromatic N) is 1. The quantitative estimate of drug-likeness (QED) is 0.349. The number of phenols is 1. The van der Waals surface area contributed by atoms with E-state index in [1.165, 1.54) is 0 Å². The highest BCUT2D eigenvalue weighted by molar-refractivity contribution is 14.1. The number of halogens is 2. The SMILES string of the molecule is OB(O)c1cccc(N=Cc2cc(I)cc(I)c2O)c1. The summed E-state index contributed by atoms with van der Waals surface area (Å²) in [6.45, 7) is 0. The van der Waals surface area contributed by atoms with E-state index in [2.05, 4.69) is 50.2 Å². The molecule has 0 bridgehead atoms. The highest BCUT2D eigenvalue weighted by Crippen LogP contribution is 2.26. The molecule has 0 saturated carbocycles.